The average Bonchev–Trinajstić information content (AvgIpc) is 3.26. The Balaban J connectivity index is 1.39. The lowest BCUT2D eigenvalue weighted by Crippen LogP contribution is -2.59. The topological polar surface area (TPSA) is 113 Å². The van der Waals surface area contributed by atoms with E-state index >= 15 is 0 Å². The summed E-state index contributed by atoms with van der Waals surface area (Å²) in [5.74, 6) is 0.963. The molecule has 4 heterocycles. The fourth-order valence-corrected chi connectivity index (χ4v) is 4.65. The van der Waals surface area contributed by atoms with Crippen LogP contribution in [0.2, 0.25) is 0 Å². The van der Waals surface area contributed by atoms with Crippen LogP contribution < -0.4 is 10.6 Å². The fourth-order valence-electron chi connectivity index (χ4n) is 4.65. The zero-order valence-corrected chi connectivity index (χ0v) is 18.5. The van der Waals surface area contributed by atoms with Crippen LogP contribution in [-0.2, 0) is 11.3 Å². The van der Waals surface area contributed by atoms with E-state index in [4.69, 9.17) is 0 Å². The van der Waals surface area contributed by atoms with E-state index in [9.17, 15) is 13.6 Å². The molecule has 33 heavy (non-hydrogen) atoms. The van der Waals surface area contributed by atoms with Gasteiger partial charge in [-0.3, -0.25) is 4.79 Å². The number of aromatic amines is 1. The predicted molar refractivity (Wildman–Crippen MR) is 120 cm³/mol. The molecule has 4 aromatic rings. The number of nitrogens with one attached hydrogen (secondary N) is 3. The second-order valence-electron chi connectivity index (χ2n) is 8.85. The molecule has 11 heteroatoms. The molecule has 0 aliphatic heterocycles. The SMILES string of the molecule is CC(=O)NC1(C)CC(Nc2ncc3c(-c4ccc5nc(C)n(CC(F)F)c5n4)c[nH]c3n2)C1. The number of carbonyl (C=O) groups excluding carboxylic acids is 1. The van der Waals surface area contributed by atoms with Gasteiger partial charge in [0.05, 0.1) is 12.2 Å². The number of amides is 1. The van der Waals surface area contributed by atoms with Crippen molar-refractivity contribution in [3.05, 3.63) is 30.4 Å². The van der Waals surface area contributed by atoms with Gasteiger partial charge in [-0.05, 0) is 38.8 Å². The van der Waals surface area contributed by atoms with E-state index < -0.39 is 13.0 Å². The summed E-state index contributed by atoms with van der Waals surface area (Å²) in [6, 6.07) is 3.77. The first-order valence-electron chi connectivity index (χ1n) is 10.7. The van der Waals surface area contributed by atoms with Gasteiger partial charge in [0.2, 0.25) is 11.9 Å². The Bertz CT molecular complexity index is 1360. The van der Waals surface area contributed by atoms with Crippen molar-refractivity contribution in [3.8, 4) is 11.3 Å². The number of halogens is 2. The molecule has 0 radical (unpaired) electrons. The van der Waals surface area contributed by atoms with Crippen molar-refractivity contribution >= 4 is 34.1 Å². The van der Waals surface area contributed by atoms with Crippen LogP contribution in [0.25, 0.3) is 33.5 Å². The predicted octanol–water partition coefficient (Wildman–Crippen LogP) is 3.41. The van der Waals surface area contributed by atoms with E-state index in [1.165, 1.54) is 11.5 Å². The number of hydrogen-bond donors (Lipinski definition) is 3. The van der Waals surface area contributed by atoms with Crippen molar-refractivity contribution in [1.82, 2.24) is 34.8 Å². The molecule has 0 unspecified atom stereocenters. The van der Waals surface area contributed by atoms with E-state index in [1.54, 1.807) is 25.4 Å². The molecule has 0 bridgehead atoms. The molecule has 9 nitrogen and oxygen atoms in total. The summed E-state index contributed by atoms with van der Waals surface area (Å²) >= 11 is 0. The van der Waals surface area contributed by atoms with Crippen molar-refractivity contribution in [2.24, 2.45) is 0 Å². The highest BCUT2D eigenvalue weighted by atomic mass is 19.3. The third-order valence-electron chi connectivity index (χ3n) is 6.02. The molecule has 1 aliphatic rings. The molecule has 1 fully saturated rings. The monoisotopic (exact) mass is 454 g/mol. The van der Waals surface area contributed by atoms with Gasteiger partial charge in [-0.25, -0.2) is 23.7 Å². The summed E-state index contributed by atoms with van der Waals surface area (Å²) in [7, 11) is 0. The first-order chi connectivity index (χ1) is 15.7. The number of nitrogens with zero attached hydrogens (tertiary/aromatic N) is 5. The Morgan fingerprint density at radius 1 is 1.30 bits per heavy atom. The van der Waals surface area contributed by atoms with Crippen LogP contribution in [0.1, 0.15) is 32.5 Å². The third kappa shape index (κ3) is 3.98. The van der Waals surface area contributed by atoms with E-state index in [0.717, 1.165) is 23.8 Å². The Kier molecular flexibility index (Phi) is 4.98. The number of aromatic nitrogens is 6. The summed E-state index contributed by atoms with van der Waals surface area (Å²) < 4.78 is 27.5. The number of fused-ring (bicyclic) bond motifs is 2. The molecule has 1 aliphatic carbocycles. The molecule has 0 spiro atoms. The lowest BCUT2D eigenvalue weighted by molar-refractivity contribution is -0.121. The van der Waals surface area contributed by atoms with Crippen molar-refractivity contribution in [2.45, 2.75) is 58.2 Å². The van der Waals surface area contributed by atoms with Gasteiger partial charge in [-0.2, -0.15) is 4.98 Å². The molecule has 4 aromatic heterocycles. The first kappa shape index (κ1) is 21.2. The molecule has 1 saturated carbocycles. The fraction of sp³-hybridized carbons (Fsp3) is 0.409. The minimum Gasteiger partial charge on any atom is -0.351 e. The summed E-state index contributed by atoms with van der Waals surface area (Å²) in [6.45, 7) is 4.78. The largest absolute Gasteiger partial charge is 0.351 e. The Hall–Kier alpha value is -3.63. The van der Waals surface area contributed by atoms with Crippen LogP contribution in [-0.4, -0.2) is 53.4 Å². The average molecular weight is 454 g/mol. The minimum absolute atomic E-state index is 0.0354. The van der Waals surface area contributed by atoms with Gasteiger partial charge in [0.25, 0.3) is 6.43 Å². The second-order valence-corrected chi connectivity index (χ2v) is 8.85. The van der Waals surface area contributed by atoms with Crippen LogP contribution in [0.3, 0.4) is 0 Å². The van der Waals surface area contributed by atoms with Crippen LogP contribution in [0.15, 0.2) is 24.5 Å². The third-order valence-corrected chi connectivity index (χ3v) is 6.02. The molecule has 172 valence electrons. The van der Waals surface area contributed by atoms with E-state index in [0.29, 0.717) is 34.3 Å². The minimum atomic E-state index is -2.49. The molecular formula is C22H24F2N8O. The van der Waals surface area contributed by atoms with Gasteiger partial charge >= 0.3 is 0 Å². The summed E-state index contributed by atoms with van der Waals surface area (Å²) in [6.07, 6.45) is 2.59. The Morgan fingerprint density at radius 3 is 2.82 bits per heavy atom. The summed E-state index contributed by atoms with van der Waals surface area (Å²) in [5, 5.41) is 7.06. The Morgan fingerprint density at radius 2 is 2.09 bits per heavy atom. The number of alkyl halides is 2. The molecule has 1 amide bonds. The van der Waals surface area contributed by atoms with E-state index in [2.05, 4.69) is 35.6 Å². The van der Waals surface area contributed by atoms with Gasteiger partial charge < -0.3 is 20.2 Å². The van der Waals surface area contributed by atoms with Crippen molar-refractivity contribution in [2.75, 3.05) is 5.32 Å². The lowest BCUT2D eigenvalue weighted by atomic mass is 9.74. The number of aryl methyl sites for hydroxylation is 1. The van der Waals surface area contributed by atoms with E-state index in [1.807, 2.05) is 13.0 Å². The number of carbonyl (C=O) groups is 1. The number of imidazole rings is 1. The smallest absolute Gasteiger partial charge is 0.256 e. The lowest BCUT2D eigenvalue weighted by Gasteiger charge is -2.45. The van der Waals surface area contributed by atoms with Gasteiger partial charge in [0.1, 0.15) is 17.0 Å². The van der Waals surface area contributed by atoms with Crippen molar-refractivity contribution < 1.29 is 13.6 Å². The molecule has 3 N–H and O–H groups in total. The van der Waals surface area contributed by atoms with Gasteiger partial charge in [-0.1, -0.05) is 0 Å². The summed E-state index contributed by atoms with van der Waals surface area (Å²) in [4.78, 5) is 32.4. The maximum atomic E-state index is 13.0. The number of rotatable bonds is 6. The van der Waals surface area contributed by atoms with Gasteiger partial charge in [0.15, 0.2) is 5.65 Å². The highest BCUT2D eigenvalue weighted by molar-refractivity contribution is 5.93. The number of H-pyrrole nitrogens is 1. The van der Waals surface area contributed by atoms with Gasteiger partial charge in [0, 0.05) is 41.8 Å². The Labute approximate surface area is 188 Å². The van der Waals surface area contributed by atoms with Crippen LogP contribution >= 0.6 is 0 Å². The summed E-state index contributed by atoms with van der Waals surface area (Å²) in [5.41, 5.74) is 2.84. The number of hydrogen-bond acceptors (Lipinski definition) is 6. The van der Waals surface area contributed by atoms with Crippen LogP contribution in [0.5, 0.6) is 0 Å². The highest BCUT2D eigenvalue weighted by Crippen LogP contribution is 2.34. The highest BCUT2D eigenvalue weighted by Gasteiger charge is 2.41. The standard InChI is InChI=1S/C22H24F2N8O/c1-11-27-17-5-4-16(29-20(17)32(11)10-18(23)24)14-8-25-19-15(14)9-26-21(30-19)28-13-6-22(3,7-13)31-12(2)33/h4-5,8-9,13,18H,6-7,10H2,1-3H3,(H,31,33)(H2,25,26,28,30). The number of anilines is 1. The molecule has 0 aromatic carbocycles. The zero-order valence-electron chi connectivity index (χ0n) is 18.5. The number of pyridine rings is 1. The molecule has 0 atom stereocenters. The maximum absolute atomic E-state index is 13.0. The first-order valence-corrected chi connectivity index (χ1v) is 10.7. The van der Waals surface area contributed by atoms with Crippen molar-refractivity contribution in [1.29, 1.82) is 0 Å². The van der Waals surface area contributed by atoms with Crippen molar-refractivity contribution in [3.63, 3.8) is 0 Å². The zero-order chi connectivity index (χ0) is 23.3. The van der Waals surface area contributed by atoms with Crippen LogP contribution in [0, 0.1) is 6.92 Å². The molecular weight excluding hydrogens is 430 g/mol. The van der Waals surface area contributed by atoms with E-state index in [-0.39, 0.29) is 17.5 Å². The van der Waals surface area contributed by atoms with Crippen LogP contribution in [0.4, 0.5) is 14.7 Å². The quantitative estimate of drug-likeness (QED) is 0.412. The molecule has 5 rings (SSSR count). The normalized spacial score (nSPS) is 20.4. The van der Waals surface area contributed by atoms with Gasteiger partial charge in [-0.15, -0.1) is 0 Å². The second kappa shape index (κ2) is 7.75. The maximum Gasteiger partial charge on any atom is 0.256 e. The molecule has 0 saturated heterocycles.